The Bertz CT molecular complexity index is 593. The lowest BCUT2D eigenvalue weighted by Crippen LogP contribution is -2.29. The number of ether oxygens (including phenoxy) is 1. The van der Waals surface area contributed by atoms with E-state index in [-0.39, 0.29) is 11.7 Å². The summed E-state index contributed by atoms with van der Waals surface area (Å²) in [5, 5.41) is 2.80. The van der Waals surface area contributed by atoms with E-state index < -0.39 is 0 Å². The first kappa shape index (κ1) is 16.0. The highest BCUT2D eigenvalue weighted by atomic mass is 19.1. The summed E-state index contributed by atoms with van der Waals surface area (Å²) < 4.78 is 18.1. The maximum Gasteiger partial charge on any atom is 0.224 e. The maximum absolute atomic E-state index is 12.7. The number of benzene rings is 2. The third-order valence-electron chi connectivity index (χ3n) is 3.30. The summed E-state index contributed by atoms with van der Waals surface area (Å²) in [4.78, 5) is 11.8. The molecule has 0 aromatic heterocycles. The number of amides is 1. The van der Waals surface area contributed by atoms with Gasteiger partial charge in [-0.2, -0.15) is 0 Å². The van der Waals surface area contributed by atoms with Crippen LogP contribution in [0.15, 0.2) is 48.5 Å². The number of hydrogen-bond donors (Lipinski definition) is 1. The van der Waals surface area contributed by atoms with Crippen molar-refractivity contribution < 1.29 is 13.9 Å². The fraction of sp³-hybridized carbons (Fsp3) is 0.278. The highest BCUT2D eigenvalue weighted by Gasteiger charge is 2.03. The van der Waals surface area contributed by atoms with Gasteiger partial charge in [0.25, 0.3) is 0 Å². The molecule has 0 spiro atoms. The van der Waals surface area contributed by atoms with Gasteiger partial charge in [-0.15, -0.1) is 0 Å². The van der Waals surface area contributed by atoms with E-state index >= 15 is 0 Å². The highest BCUT2D eigenvalue weighted by molar-refractivity contribution is 5.78. The van der Waals surface area contributed by atoms with Crippen molar-refractivity contribution in [1.29, 1.82) is 0 Å². The van der Waals surface area contributed by atoms with E-state index in [1.807, 2.05) is 24.3 Å². The maximum atomic E-state index is 12.7. The van der Waals surface area contributed by atoms with Crippen LogP contribution in [0.3, 0.4) is 0 Å². The van der Waals surface area contributed by atoms with Crippen LogP contribution in [-0.4, -0.2) is 19.1 Å². The van der Waals surface area contributed by atoms with Crippen LogP contribution in [0.2, 0.25) is 0 Å². The average molecular weight is 301 g/mol. The largest absolute Gasteiger partial charge is 0.492 e. The van der Waals surface area contributed by atoms with Crippen LogP contribution in [0.25, 0.3) is 0 Å². The first-order chi connectivity index (χ1) is 10.7. The van der Waals surface area contributed by atoms with Crippen LogP contribution in [0.1, 0.15) is 18.1 Å². The van der Waals surface area contributed by atoms with Crippen molar-refractivity contribution in [2.75, 3.05) is 13.2 Å². The molecule has 3 nitrogen and oxygen atoms in total. The third kappa shape index (κ3) is 5.20. The van der Waals surface area contributed by atoms with E-state index in [0.29, 0.717) is 25.3 Å². The van der Waals surface area contributed by atoms with E-state index in [1.54, 1.807) is 12.1 Å². The quantitative estimate of drug-likeness (QED) is 0.798. The molecule has 2 aromatic carbocycles. The second-order valence-corrected chi connectivity index (χ2v) is 5.00. The van der Waals surface area contributed by atoms with E-state index in [4.69, 9.17) is 4.74 Å². The van der Waals surface area contributed by atoms with Gasteiger partial charge < -0.3 is 10.1 Å². The molecule has 0 heterocycles. The van der Waals surface area contributed by atoms with Gasteiger partial charge in [-0.3, -0.25) is 4.79 Å². The lowest BCUT2D eigenvalue weighted by Gasteiger charge is -2.08. The zero-order valence-electron chi connectivity index (χ0n) is 12.6. The Morgan fingerprint density at radius 1 is 1.05 bits per heavy atom. The summed E-state index contributed by atoms with van der Waals surface area (Å²) >= 11 is 0. The molecule has 2 rings (SSSR count). The molecule has 0 fully saturated rings. The van der Waals surface area contributed by atoms with Gasteiger partial charge in [0.05, 0.1) is 13.0 Å². The average Bonchev–Trinajstić information content (AvgIpc) is 2.54. The number of aryl methyl sites for hydroxylation is 1. The Morgan fingerprint density at radius 2 is 1.68 bits per heavy atom. The minimum absolute atomic E-state index is 0.0352. The van der Waals surface area contributed by atoms with E-state index in [2.05, 4.69) is 12.2 Å². The first-order valence-electron chi connectivity index (χ1n) is 7.40. The van der Waals surface area contributed by atoms with Gasteiger partial charge in [0.1, 0.15) is 18.2 Å². The van der Waals surface area contributed by atoms with Gasteiger partial charge in [0, 0.05) is 0 Å². The Hall–Kier alpha value is -2.36. The second-order valence-electron chi connectivity index (χ2n) is 5.00. The minimum Gasteiger partial charge on any atom is -0.492 e. The molecule has 0 saturated carbocycles. The van der Waals surface area contributed by atoms with Crippen LogP contribution in [-0.2, 0) is 17.6 Å². The van der Waals surface area contributed by atoms with Crippen LogP contribution < -0.4 is 10.1 Å². The van der Waals surface area contributed by atoms with E-state index in [0.717, 1.165) is 12.0 Å². The van der Waals surface area contributed by atoms with Gasteiger partial charge in [0.2, 0.25) is 5.91 Å². The topological polar surface area (TPSA) is 38.3 Å². The number of carbonyl (C=O) groups excluding carboxylic acids is 1. The zero-order valence-corrected chi connectivity index (χ0v) is 12.6. The number of hydrogen-bond acceptors (Lipinski definition) is 2. The van der Waals surface area contributed by atoms with Crippen molar-refractivity contribution in [1.82, 2.24) is 5.32 Å². The monoisotopic (exact) mass is 301 g/mol. The molecule has 0 aliphatic heterocycles. The van der Waals surface area contributed by atoms with E-state index in [1.165, 1.54) is 17.7 Å². The molecule has 0 bridgehead atoms. The van der Waals surface area contributed by atoms with Crippen molar-refractivity contribution in [3.05, 3.63) is 65.5 Å². The summed E-state index contributed by atoms with van der Waals surface area (Å²) in [5.74, 6) is 0.257. The van der Waals surface area contributed by atoms with Crippen molar-refractivity contribution in [2.24, 2.45) is 0 Å². The predicted octanol–water partition coefficient (Wildman–Crippen LogP) is 3.13. The lowest BCUT2D eigenvalue weighted by molar-refractivity contribution is -0.120. The van der Waals surface area contributed by atoms with Gasteiger partial charge in [0.15, 0.2) is 0 Å². The Balaban J connectivity index is 1.67. The van der Waals surface area contributed by atoms with Crippen LogP contribution in [0.4, 0.5) is 4.39 Å². The molecule has 0 aliphatic carbocycles. The number of nitrogens with one attached hydrogen (secondary N) is 1. The SMILES string of the molecule is CCc1ccc(CC(=O)NCCOc2ccc(F)cc2)cc1. The Morgan fingerprint density at radius 3 is 2.32 bits per heavy atom. The number of carbonyl (C=O) groups is 1. The molecule has 0 aliphatic rings. The highest BCUT2D eigenvalue weighted by Crippen LogP contribution is 2.10. The fourth-order valence-corrected chi connectivity index (χ4v) is 2.03. The molecule has 0 unspecified atom stereocenters. The lowest BCUT2D eigenvalue weighted by atomic mass is 10.1. The molecule has 116 valence electrons. The Kier molecular flexibility index (Phi) is 5.95. The summed E-state index contributed by atoms with van der Waals surface area (Å²) in [5.41, 5.74) is 2.26. The minimum atomic E-state index is -0.297. The molecule has 1 N–H and O–H groups in total. The molecular formula is C18H20FNO2. The van der Waals surface area contributed by atoms with Gasteiger partial charge >= 0.3 is 0 Å². The molecule has 22 heavy (non-hydrogen) atoms. The normalized spacial score (nSPS) is 10.3. The van der Waals surface area contributed by atoms with Crippen LogP contribution >= 0.6 is 0 Å². The predicted molar refractivity (Wildman–Crippen MR) is 84.4 cm³/mol. The fourth-order valence-electron chi connectivity index (χ4n) is 2.03. The number of halogens is 1. The molecule has 2 aromatic rings. The second kappa shape index (κ2) is 8.17. The Labute approximate surface area is 130 Å². The van der Waals surface area contributed by atoms with Gasteiger partial charge in [-0.05, 0) is 41.8 Å². The number of rotatable bonds is 7. The molecule has 0 radical (unpaired) electrons. The van der Waals surface area contributed by atoms with Crippen LogP contribution in [0.5, 0.6) is 5.75 Å². The summed E-state index contributed by atoms with van der Waals surface area (Å²) in [6.45, 7) is 2.87. The molecule has 4 heteroatoms. The summed E-state index contributed by atoms with van der Waals surface area (Å²) in [6, 6.07) is 13.8. The third-order valence-corrected chi connectivity index (χ3v) is 3.30. The van der Waals surface area contributed by atoms with Crippen molar-refractivity contribution in [2.45, 2.75) is 19.8 Å². The molecular weight excluding hydrogens is 281 g/mol. The van der Waals surface area contributed by atoms with Gasteiger partial charge in [-0.25, -0.2) is 4.39 Å². The molecule has 0 saturated heterocycles. The zero-order chi connectivity index (χ0) is 15.8. The van der Waals surface area contributed by atoms with Crippen molar-refractivity contribution >= 4 is 5.91 Å². The van der Waals surface area contributed by atoms with Crippen LogP contribution in [0, 0.1) is 5.82 Å². The summed E-state index contributed by atoms with van der Waals surface area (Å²) in [7, 11) is 0. The first-order valence-corrected chi connectivity index (χ1v) is 7.40. The van der Waals surface area contributed by atoms with Crippen molar-refractivity contribution in [3.8, 4) is 5.75 Å². The molecule has 0 atom stereocenters. The molecule has 1 amide bonds. The van der Waals surface area contributed by atoms with E-state index in [9.17, 15) is 9.18 Å². The smallest absolute Gasteiger partial charge is 0.224 e. The standard InChI is InChI=1S/C18H20FNO2/c1-2-14-3-5-15(6-4-14)13-18(21)20-11-12-22-17-9-7-16(19)8-10-17/h3-10H,2,11-13H2,1H3,(H,20,21). The summed E-state index contributed by atoms with van der Waals surface area (Å²) in [6.07, 6.45) is 1.35. The van der Waals surface area contributed by atoms with Gasteiger partial charge in [-0.1, -0.05) is 31.2 Å². The van der Waals surface area contributed by atoms with Crippen molar-refractivity contribution in [3.63, 3.8) is 0 Å².